The number of sulfonamides is 1. The maximum atomic E-state index is 12.2. The van der Waals surface area contributed by atoms with Crippen LogP contribution in [0.1, 0.15) is 43.0 Å². The van der Waals surface area contributed by atoms with Crippen LogP contribution in [0, 0.1) is 0 Å². The molecule has 0 saturated heterocycles. The summed E-state index contributed by atoms with van der Waals surface area (Å²) in [5.74, 6) is -0.620. The second kappa shape index (κ2) is 6.07. The van der Waals surface area contributed by atoms with Crippen molar-refractivity contribution in [2.24, 2.45) is 5.73 Å². The van der Waals surface area contributed by atoms with Gasteiger partial charge in [-0.1, -0.05) is 11.6 Å². The van der Waals surface area contributed by atoms with E-state index in [0.29, 0.717) is 0 Å². The van der Waals surface area contributed by atoms with E-state index in [-0.39, 0.29) is 15.8 Å². The van der Waals surface area contributed by atoms with Gasteiger partial charge in [0.25, 0.3) is 10.0 Å². The molecule has 3 N–H and O–H groups in total. The van der Waals surface area contributed by atoms with E-state index in [4.69, 9.17) is 5.73 Å². The van der Waals surface area contributed by atoms with Gasteiger partial charge in [0.15, 0.2) is 0 Å². The fourth-order valence-corrected chi connectivity index (χ4v) is 4.64. The van der Waals surface area contributed by atoms with Gasteiger partial charge in [-0.05, 0) is 38.7 Å². The smallest absolute Gasteiger partial charge is 0.250 e. The molecule has 0 aliphatic heterocycles. The summed E-state index contributed by atoms with van der Waals surface area (Å²) < 4.78 is 27.3. The molecule has 5 nitrogen and oxygen atoms in total. The van der Waals surface area contributed by atoms with Crippen molar-refractivity contribution in [2.75, 3.05) is 0 Å². The van der Waals surface area contributed by atoms with Crippen LogP contribution < -0.4 is 10.5 Å². The molecule has 0 bridgehead atoms. The van der Waals surface area contributed by atoms with Crippen LogP contribution in [0.15, 0.2) is 27.3 Å². The Hall–Kier alpha value is -1.18. The average molecular weight is 314 g/mol. The first-order chi connectivity index (χ1) is 9.40. The molecule has 1 aliphatic rings. The van der Waals surface area contributed by atoms with Crippen LogP contribution in [-0.4, -0.2) is 20.4 Å². The lowest BCUT2D eigenvalue weighted by Crippen LogP contribution is -2.34. The second-order valence-corrected chi connectivity index (χ2v) is 7.74. The fourth-order valence-electron chi connectivity index (χ4n) is 2.21. The normalized spacial score (nSPS) is 17.6. The first-order valence-electron chi connectivity index (χ1n) is 6.50. The summed E-state index contributed by atoms with van der Waals surface area (Å²) in [7, 11) is -3.60. The SMILES string of the molecule is C[C@@H](NS(=O)(=O)c1cc(C(N)=O)cs1)C1=CCCCC1. The molecular formula is C13H18N2O3S2. The van der Waals surface area contributed by atoms with Gasteiger partial charge in [0.05, 0.1) is 5.56 Å². The molecule has 0 aromatic carbocycles. The summed E-state index contributed by atoms with van der Waals surface area (Å²) in [6.07, 6.45) is 6.31. The zero-order valence-corrected chi connectivity index (χ0v) is 12.9. The Morgan fingerprint density at radius 2 is 2.20 bits per heavy atom. The fraction of sp³-hybridized carbons (Fsp3) is 0.462. The molecule has 0 saturated carbocycles. The number of carbonyl (C=O) groups excluding carboxylic acids is 1. The third-order valence-electron chi connectivity index (χ3n) is 3.34. The quantitative estimate of drug-likeness (QED) is 0.815. The Labute approximate surface area is 122 Å². The number of primary amides is 1. The molecule has 0 unspecified atom stereocenters. The first kappa shape index (κ1) is 15.2. The van der Waals surface area contributed by atoms with Crippen LogP contribution in [0.4, 0.5) is 0 Å². The number of nitrogens with one attached hydrogen (secondary N) is 1. The van der Waals surface area contributed by atoms with Crippen molar-refractivity contribution in [3.8, 4) is 0 Å². The number of allylic oxidation sites excluding steroid dienone is 1. The van der Waals surface area contributed by atoms with E-state index in [2.05, 4.69) is 10.8 Å². The third-order valence-corrected chi connectivity index (χ3v) is 6.32. The van der Waals surface area contributed by atoms with Crippen LogP contribution in [0.2, 0.25) is 0 Å². The first-order valence-corrected chi connectivity index (χ1v) is 8.86. The van der Waals surface area contributed by atoms with E-state index >= 15 is 0 Å². The molecule has 1 atom stereocenters. The number of thiophene rings is 1. The van der Waals surface area contributed by atoms with Crippen molar-refractivity contribution in [1.29, 1.82) is 0 Å². The van der Waals surface area contributed by atoms with Gasteiger partial charge in [0, 0.05) is 11.4 Å². The van der Waals surface area contributed by atoms with E-state index in [1.165, 1.54) is 11.4 Å². The van der Waals surface area contributed by atoms with E-state index in [1.807, 2.05) is 6.92 Å². The molecule has 7 heteroatoms. The molecule has 1 aliphatic carbocycles. The highest BCUT2D eigenvalue weighted by Gasteiger charge is 2.22. The highest BCUT2D eigenvalue weighted by atomic mass is 32.2. The molecule has 2 rings (SSSR count). The van der Waals surface area contributed by atoms with Crippen LogP contribution in [0.25, 0.3) is 0 Å². The maximum Gasteiger partial charge on any atom is 0.250 e. The van der Waals surface area contributed by atoms with E-state index in [9.17, 15) is 13.2 Å². The molecule has 1 heterocycles. The summed E-state index contributed by atoms with van der Waals surface area (Å²) in [6.45, 7) is 1.84. The zero-order valence-electron chi connectivity index (χ0n) is 11.3. The summed E-state index contributed by atoms with van der Waals surface area (Å²) in [4.78, 5) is 11.0. The van der Waals surface area contributed by atoms with Crippen molar-refractivity contribution >= 4 is 27.3 Å². The van der Waals surface area contributed by atoms with Crippen molar-refractivity contribution in [3.05, 3.63) is 28.7 Å². The molecular weight excluding hydrogens is 296 g/mol. The van der Waals surface area contributed by atoms with Gasteiger partial charge in [-0.25, -0.2) is 13.1 Å². The van der Waals surface area contributed by atoms with Gasteiger partial charge in [-0.3, -0.25) is 4.79 Å². The Kier molecular flexibility index (Phi) is 4.62. The number of carbonyl (C=O) groups is 1. The average Bonchev–Trinajstić information content (AvgIpc) is 2.90. The number of hydrogen-bond donors (Lipinski definition) is 2. The lowest BCUT2D eigenvalue weighted by molar-refractivity contribution is 0.100. The summed E-state index contributed by atoms with van der Waals surface area (Å²) in [6, 6.07) is 1.09. The van der Waals surface area contributed by atoms with Crippen molar-refractivity contribution in [2.45, 2.75) is 42.9 Å². The zero-order chi connectivity index (χ0) is 14.8. The maximum absolute atomic E-state index is 12.2. The predicted molar refractivity (Wildman–Crippen MR) is 79.2 cm³/mol. The number of nitrogens with two attached hydrogens (primary N) is 1. The van der Waals surface area contributed by atoms with Crippen LogP contribution in [-0.2, 0) is 10.0 Å². The molecule has 1 aromatic heterocycles. The molecule has 1 amide bonds. The number of rotatable bonds is 5. The Morgan fingerprint density at radius 1 is 1.45 bits per heavy atom. The van der Waals surface area contributed by atoms with E-state index in [1.54, 1.807) is 0 Å². The molecule has 1 aromatic rings. The molecule has 0 spiro atoms. The summed E-state index contributed by atoms with van der Waals surface area (Å²) in [5, 5.41) is 1.46. The van der Waals surface area contributed by atoms with Crippen molar-refractivity contribution in [1.82, 2.24) is 4.72 Å². The highest BCUT2D eigenvalue weighted by Crippen LogP contribution is 2.24. The largest absolute Gasteiger partial charge is 0.366 e. The molecule has 0 fully saturated rings. The minimum Gasteiger partial charge on any atom is -0.366 e. The van der Waals surface area contributed by atoms with Gasteiger partial charge >= 0.3 is 0 Å². The number of amides is 1. The van der Waals surface area contributed by atoms with Crippen LogP contribution >= 0.6 is 11.3 Å². The lowest BCUT2D eigenvalue weighted by atomic mass is 9.95. The predicted octanol–water partition coefficient (Wildman–Crippen LogP) is 2.01. The Balaban J connectivity index is 2.13. The van der Waals surface area contributed by atoms with Crippen molar-refractivity contribution < 1.29 is 13.2 Å². The van der Waals surface area contributed by atoms with Crippen LogP contribution in [0.3, 0.4) is 0 Å². The van der Waals surface area contributed by atoms with Gasteiger partial charge in [-0.15, -0.1) is 11.3 Å². The third kappa shape index (κ3) is 3.47. The van der Waals surface area contributed by atoms with Gasteiger partial charge in [0.1, 0.15) is 4.21 Å². The highest BCUT2D eigenvalue weighted by molar-refractivity contribution is 7.91. The summed E-state index contributed by atoms with van der Waals surface area (Å²) in [5.41, 5.74) is 6.49. The van der Waals surface area contributed by atoms with E-state index in [0.717, 1.165) is 42.6 Å². The number of hydrogen-bond acceptors (Lipinski definition) is 4. The Bertz CT molecular complexity index is 632. The van der Waals surface area contributed by atoms with Crippen LogP contribution in [0.5, 0.6) is 0 Å². The topological polar surface area (TPSA) is 89.3 Å². The van der Waals surface area contributed by atoms with Gasteiger partial charge in [-0.2, -0.15) is 0 Å². The van der Waals surface area contributed by atoms with Gasteiger partial charge < -0.3 is 5.73 Å². The molecule has 110 valence electrons. The lowest BCUT2D eigenvalue weighted by Gasteiger charge is -2.20. The van der Waals surface area contributed by atoms with E-state index < -0.39 is 15.9 Å². The molecule has 20 heavy (non-hydrogen) atoms. The standard InChI is InChI=1S/C13H18N2O3S2/c1-9(10-5-3-2-4-6-10)15-20(17,18)12-7-11(8-19-12)13(14)16/h5,7-9,15H,2-4,6H2,1H3,(H2,14,16)/t9-/m1/s1. The van der Waals surface area contributed by atoms with Gasteiger partial charge in [0.2, 0.25) is 5.91 Å². The molecule has 0 radical (unpaired) electrons. The Morgan fingerprint density at radius 3 is 2.75 bits per heavy atom. The summed E-state index contributed by atoms with van der Waals surface area (Å²) >= 11 is 1.00. The van der Waals surface area contributed by atoms with Crippen molar-refractivity contribution in [3.63, 3.8) is 0 Å². The minimum absolute atomic E-state index is 0.120. The second-order valence-electron chi connectivity index (χ2n) is 4.89. The minimum atomic E-state index is -3.60. The monoisotopic (exact) mass is 314 g/mol.